The Morgan fingerprint density at radius 1 is 1.42 bits per heavy atom. The molecule has 2 amide bonds. The van der Waals surface area contributed by atoms with E-state index >= 15 is 0 Å². The van der Waals surface area contributed by atoms with Crippen molar-refractivity contribution in [1.82, 2.24) is 10.2 Å². The Kier molecular flexibility index (Phi) is 4.48. The number of nitrogens with zero attached hydrogens (tertiary/aromatic N) is 1. The van der Waals surface area contributed by atoms with Gasteiger partial charge in [-0.3, -0.25) is 9.59 Å². The van der Waals surface area contributed by atoms with Crippen LogP contribution in [0, 0.1) is 0 Å². The number of fused-ring (bicyclic) bond motifs is 1. The normalized spacial score (nSPS) is 29.1. The van der Waals surface area contributed by atoms with Gasteiger partial charge < -0.3 is 31.0 Å². The van der Waals surface area contributed by atoms with Crippen molar-refractivity contribution >= 4 is 29.5 Å². The number of hydrogen-bond acceptors (Lipinski definition) is 7. The number of nitrogens with two attached hydrogens (primary N) is 1. The van der Waals surface area contributed by atoms with Crippen LogP contribution < -0.4 is 45.7 Å². The molecule has 134 valence electrons. The standard InChI is InChI=1S/C16H19N3O5S.Na/c1-16(2)11(15(23)24)19-13(22)10(14(19)25-16)18-12(21)9(17)7-3-5-8(20)6-4-7;/h3-6,9-11,14,20H,17H2,1-2H3,(H,18,21)(H,23,24);/q;+1/p-1/t9-,10+,11-,14+;/m0./s1/i3D,4D,5D,6D;. The Morgan fingerprint density at radius 3 is 2.54 bits per heavy atom. The van der Waals surface area contributed by atoms with Crippen molar-refractivity contribution < 1.29 is 59.6 Å². The van der Waals surface area contributed by atoms with Crippen molar-refractivity contribution in [2.24, 2.45) is 5.73 Å². The summed E-state index contributed by atoms with van der Waals surface area (Å²) in [6, 6.07) is -6.64. The first-order chi connectivity index (χ1) is 13.3. The Balaban J connectivity index is 0.00000320. The second kappa shape index (κ2) is 7.40. The molecule has 0 aromatic heterocycles. The fourth-order valence-electron chi connectivity index (χ4n) is 2.97. The molecule has 2 heterocycles. The van der Waals surface area contributed by atoms with Crippen LogP contribution in [0.5, 0.6) is 5.75 Å². The number of aromatic hydroxyl groups is 1. The summed E-state index contributed by atoms with van der Waals surface area (Å²) in [6.07, 6.45) is 0. The minimum Gasteiger partial charge on any atom is -0.548 e. The molecule has 1 aromatic rings. The van der Waals surface area contributed by atoms with E-state index in [1.165, 1.54) is 11.8 Å². The van der Waals surface area contributed by atoms with Gasteiger partial charge in [-0.25, -0.2) is 0 Å². The van der Waals surface area contributed by atoms with Crippen LogP contribution in [0.15, 0.2) is 24.2 Å². The fourth-order valence-corrected chi connectivity index (χ4v) is 4.59. The van der Waals surface area contributed by atoms with E-state index in [9.17, 15) is 24.6 Å². The molecule has 1 aromatic carbocycles. The summed E-state index contributed by atoms with van der Waals surface area (Å²) in [5.41, 5.74) is 5.41. The van der Waals surface area contributed by atoms with Gasteiger partial charge in [-0.2, -0.15) is 0 Å². The van der Waals surface area contributed by atoms with Crippen LogP contribution >= 0.6 is 11.8 Å². The number of carbonyl (C=O) groups is 3. The van der Waals surface area contributed by atoms with Crippen LogP contribution in [-0.2, 0) is 14.4 Å². The van der Waals surface area contributed by atoms with Gasteiger partial charge in [-0.05, 0) is 31.5 Å². The molecule has 0 saturated carbocycles. The third-order valence-corrected chi connectivity index (χ3v) is 5.76. The average Bonchev–Trinajstić information content (AvgIpc) is 2.90. The number of carboxylic acids is 1. The Morgan fingerprint density at radius 2 is 2.00 bits per heavy atom. The maximum atomic E-state index is 12.6. The van der Waals surface area contributed by atoms with Gasteiger partial charge in [0.2, 0.25) is 11.8 Å². The summed E-state index contributed by atoms with van der Waals surface area (Å²) < 4.78 is 30.1. The molecule has 2 aliphatic rings. The molecule has 3 rings (SSSR count). The second-order valence-electron chi connectivity index (χ2n) is 6.31. The summed E-state index contributed by atoms with van der Waals surface area (Å²) in [5.74, 6) is -3.80. The molecule has 0 aliphatic carbocycles. The van der Waals surface area contributed by atoms with Gasteiger partial charge in [0.15, 0.2) is 0 Å². The summed E-state index contributed by atoms with van der Waals surface area (Å²) in [4.78, 5) is 37.5. The molecule has 0 radical (unpaired) electrons. The molecular weight excluding hydrogens is 369 g/mol. The second-order valence-corrected chi connectivity index (χ2v) is 8.08. The molecule has 0 bridgehead atoms. The van der Waals surface area contributed by atoms with E-state index < -0.39 is 81.5 Å². The van der Waals surface area contributed by atoms with Gasteiger partial charge in [-0.1, -0.05) is 12.1 Å². The topological polar surface area (TPSA) is 136 Å². The van der Waals surface area contributed by atoms with E-state index in [0.29, 0.717) is 0 Å². The van der Waals surface area contributed by atoms with Crippen molar-refractivity contribution in [2.45, 2.75) is 42.1 Å². The number of amides is 2. The van der Waals surface area contributed by atoms with Gasteiger partial charge in [-0.15, -0.1) is 11.8 Å². The Hall–Kier alpha value is -1.26. The number of nitrogens with one attached hydrogen (secondary N) is 1. The van der Waals surface area contributed by atoms with E-state index in [-0.39, 0.29) is 29.6 Å². The molecule has 4 N–H and O–H groups in total. The number of β-lactam (4-membered cyclic amide) rings is 1. The maximum Gasteiger partial charge on any atom is 1.00 e. The summed E-state index contributed by atoms with van der Waals surface area (Å²) >= 11 is 1.19. The summed E-state index contributed by atoms with van der Waals surface area (Å²) in [7, 11) is 0. The van der Waals surface area contributed by atoms with Crippen LogP contribution in [0.25, 0.3) is 0 Å². The quantitative estimate of drug-likeness (QED) is 0.349. The molecule has 10 heteroatoms. The third kappa shape index (κ3) is 3.46. The minimum absolute atomic E-state index is 0. The SMILES string of the molecule is [2H]c1c([2H])c([C@H](N)C(=O)N[C@@H]2C(=O)N3[C@@H]2SC(C)(C)[C@@H]3C(=O)[O-])c([2H])c([2H])c1O.[Na+]. The van der Waals surface area contributed by atoms with E-state index in [0.717, 1.165) is 4.90 Å². The van der Waals surface area contributed by atoms with E-state index in [1.807, 2.05) is 0 Å². The van der Waals surface area contributed by atoms with Crippen LogP contribution in [0.1, 0.15) is 30.9 Å². The molecule has 26 heavy (non-hydrogen) atoms. The van der Waals surface area contributed by atoms with Crippen molar-refractivity contribution in [3.8, 4) is 5.75 Å². The van der Waals surface area contributed by atoms with Crippen molar-refractivity contribution in [3.05, 3.63) is 29.7 Å². The molecular formula is C16H18N3NaO5S. The predicted molar refractivity (Wildman–Crippen MR) is 88.1 cm³/mol. The monoisotopic (exact) mass is 391 g/mol. The van der Waals surface area contributed by atoms with E-state index in [2.05, 4.69) is 5.32 Å². The minimum atomic E-state index is -1.64. The zero-order chi connectivity index (χ0) is 22.0. The number of phenols is 1. The molecule has 2 aliphatic heterocycles. The van der Waals surface area contributed by atoms with Crippen LogP contribution in [0.3, 0.4) is 0 Å². The van der Waals surface area contributed by atoms with Crippen LogP contribution in [0.2, 0.25) is 0 Å². The van der Waals surface area contributed by atoms with Crippen molar-refractivity contribution in [2.75, 3.05) is 0 Å². The molecule has 2 saturated heterocycles. The Labute approximate surface area is 182 Å². The zero-order valence-electron chi connectivity index (χ0n) is 18.3. The summed E-state index contributed by atoms with van der Waals surface area (Å²) in [5, 5.41) is 22.8. The third-order valence-electron chi connectivity index (χ3n) is 4.19. The Bertz CT molecular complexity index is 921. The van der Waals surface area contributed by atoms with Gasteiger partial charge >= 0.3 is 29.6 Å². The number of carbonyl (C=O) groups excluding carboxylic acids is 3. The van der Waals surface area contributed by atoms with Gasteiger partial charge in [0.25, 0.3) is 0 Å². The molecule has 2 fully saturated rings. The smallest absolute Gasteiger partial charge is 0.548 e. The number of aliphatic carboxylic acids is 1. The first-order valence-electron chi connectivity index (χ1n) is 9.37. The molecule has 0 unspecified atom stereocenters. The van der Waals surface area contributed by atoms with Crippen LogP contribution in [0.4, 0.5) is 0 Å². The summed E-state index contributed by atoms with van der Waals surface area (Å²) in [6.45, 7) is 3.30. The van der Waals surface area contributed by atoms with Crippen LogP contribution in [-0.4, -0.2) is 50.0 Å². The largest absolute Gasteiger partial charge is 1.00 e. The first kappa shape index (κ1) is 15.8. The average molecular weight is 391 g/mol. The first-order valence-corrected chi connectivity index (χ1v) is 8.25. The van der Waals surface area contributed by atoms with Gasteiger partial charge in [0.1, 0.15) is 23.2 Å². The molecule has 4 atom stereocenters. The maximum absolute atomic E-state index is 12.6. The molecule has 8 nitrogen and oxygen atoms in total. The number of thioether (sulfide) groups is 1. The number of benzene rings is 1. The molecule has 0 spiro atoms. The van der Waals surface area contributed by atoms with Crippen molar-refractivity contribution in [1.29, 1.82) is 0 Å². The zero-order valence-corrected chi connectivity index (χ0v) is 17.1. The number of rotatable bonds is 4. The predicted octanol–water partition coefficient (Wildman–Crippen LogP) is -4.31. The van der Waals surface area contributed by atoms with Gasteiger partial charge in [0, 0.05) is 4.75 Å². The van der Waals surface area contributed by atoms with E-state index in [1.54, 1.807) is 13.8 Å². The van der Waals surface area contributed by atoms with E-state index in [4.69, 9.17) is 11.2 Å². The number of carboxylic acid groups (broad SMARTS) is 1. The number of phenolic OH excluding ortho intramolecular Hbond substituents is 1. The fraction of sp³-hybridized carbons (Fsp3) is 0.438. The van der Waals surface area contributed by atoms with Crippen molar-refractivity contribution in [3.63, 3.8) is 0 Å². The number of hydrogen-bond donors (Lipinski definition) is 3. The van der Waals surface area contributed by atoms with Gasteiger partial charge in [0.05, 0.1) is 17.5 Å².